The Morgan fingerprint density at radius 1 is 1.11 bits per heavy atom. The summed E-state index contributed by atoms with van der Waals surface area (Å²) >= 11 is 0. The molecule has 0 N–H and O–H groups in total. The quantitative estimate of drug-likeness (QED) is 0.447. The number of carbonyl (C=O) groups is 2. The van der Waals surface area contributed by atoms with E-state index in [4.69, 9.17) is 14.2 Å². The number of hydrogen-bond acceptors (Lipinski definition) is 5. The van der Waals surface area contributed by atoms with Gasteiger partial charge in [-0.3, -0.25) is 0 Å². The van der Waals surface area contributed by atoms with E-state index in [1.807, 2.05) is 0 Å². The van der Waals surface area contributed by atoms with Crippen LogP contribution >= 0.6 is 0 Å². The van der Waals surface area contributed by atoms with E-state index in [1.165, 1.54) is 12.1 Å². The van der Waals surface area contributed by atoms with Crippen molar-refractivity contribution >= 4 is 11.9 Å². The third kappa shape index (κ3) is 3.99. The minimum Gasteiger partial charge on any atom is -0.487 e. The topological polar surface area (TPSA) is 61.8 Å². The van der Waals surface area contributed by atoms with E-state index in [0.29, 0.717) is 6.61 Å². The Balaban J connectivity index is 3.12. The molecule has 0 spiro atoms. The van der Waals surface area contributed by atoms with E-state index in [0.717, 1.165) is 12.2 Å². The number of rotatable bonds is 6. The number of benzene rings is 1. The van der Waals surface area contributed by atoms with Gasteiger partial charge in [0.15, 0.2) is 11.5 Å². The van der Waals surface area contributed by atoms with Crippen LogP contribution in [0.2, 0.25) is 0 Å². The molecule has 0 heterocycles. The molecule has 1 rings (SSSR count). The zero-order chi connectivity index (χ0) is 14.3. The van der Waals surface area contributed by atoms with Gasteiger partial charge >= 0.3 is 11.9 Å². The first-order valence-corrected chi connectivity index (χ1v) is 5.56. The monoisotopic (exact) mass is 262 g/mol. The molecule has 0 radical (unpaired) electrons. The van der Waals surface area contributed by atoms with Gasteiger partial charge in [0, 0.05) is 12.2 Å². The highest BCUT2D eigenvalue weighted by molar-refractivity contribution is 5.85. The third-order valence-electron chi connectivity index (χ3n) is 1.99. The lowest BCUT2D eigenvalue weighted by Crippen LogP contribution is -2.09. The van der Waals surface area contributed by atoms with E-state index in [-0.39, 0.29) is 17.2 Å². The first-order chi connectivity index (χ1) is 9.12. The van der Waals surface area contributed by atoms with Crippen molar-refractivity contribution in [2.45, 2.75) is 6.92 Å². The number of ether oxygens (including phenoxy) is 3. The van der Waals surface area contributed by atoms with Crippen LogP contribution in [0.1, 0.15) is 6.92 Å². The molecule has 0 aromatic heterocycles. The Morgan fingerprint density at radius 3 is 1.95 bits per heavy atom. The van der Waals surface area contributed by atoms with Crippen LogP contribution in [0.3, 0.4) is 0 Å². The van der Waals surface area contributed by atoms with Crippen molar-refractivity contribution in [2.24, 2.45) is 0 Å². The third-order valence-corrected chi connectivity index (χ3v) is 1.99. The van der Waals surface area contributed by atoms with Gasteiger partial charge in [-0.25, -0.2) is 9.59 Å². The van der Waals surface area contributed by atoms with E-state index in [2.05, 4.69) is 13.2 Å². The van der Waals surface area contributed by atoms with Gasteiger partial charge in [0.25, 0.3) is 0 Å². The Bertz CT molecular complexity index is 464. The van der Waals surface area contributed by atoms with Crippen LogP contribution in [0.15, 0.2) is 43.5 Å². The molecule has 0 aliphatic carbocycles. The zero-order valence-electron chi connectivity index (χ0n) is 10.5. The van der Waals surface area contributed by atoms with Crippen LogP contribution in [0.5, 0.6) is 17.2 Å². The molecule has 0 aliphatic rings. The molecule has 0 amide bonds. The Hall–Kier alpha value is -2.56. The normalized spacial score (nSPS) is 9.32. The lowest BCUT2D eigenvalue weighted by molar-refractivity contribution is -0.129. The molecule has 5 nitrogen and oxygen atoms in total. The molecule has 0 atom stereocenters. The van der Waals surface area contributed by atoms with E-state index < -0.39 is 11.9 Å². The maximum Gasteiger partial charge on any atom is 0.335 e. The van der Waals surface area contributed by atoms with Gasteiger partial charge in [-0.15, -0.1) is 0 Å². The molecule has 0 unspecified atom stereocenters. The lowest BCUT2D eigenvalue weighted by Gasteiger charge is -2.13. The molecule has 0 bridgehead atoms. The summed E-state index contributed by atoms with van der Waals surface area (Å²) in [7, 11) is 0. The first-order valence-electron chi connectivity index (χ1n) is 5.56. The van der Waals surface area contributed by atoms with Gasteiger partial charge in [-0.2, -0.15) is 0 Å². The Labute approximate surface area is 111 Å². The number of esters is 2. The summed E-state index contributed by atoms with van der Waals surface area (Å²) in [5, 5.41) is 0. The number of carbonyl (C=O) groups excluding carboxylic acids is 2. The van der Waals surface area contributed by atoms with Crippen molar-refractivity contribution in [1.29, 1.82) is 0 Å². The fourth-order valence-corrected chi connectivity index (χ4v) is 1.24. The molecular formula is C14H14O5. The van der Waals surface area contributed by atoms with Gasteiger partial charge in [-0.05, 0) is 19.1 Å². The molecule has 0 saturated heterocycles. The van der Waals surface area contributed by atoms with Crippen molar-refractivity contribution in [2.75, 3.05) is 6.61 Å². The molecule has 19 heavy (non-hydrogen) atoms. The Kier molecular flexibility index (Phi) is 5.35. The first kappa shape index (κ1) is 14.5. The van der Waals surface area contributed by atoms with Crippen LogP contribution in [-0.4, -0.2) is 18.5 Å². The highest BCUT2D eigenvalue weighted by atomic mass is 16.6. The SMILES string of the molecule is C=CC(=O)Oc1cccc(OC(=O)C=C)c1OCC. The van der Waals surface area contributed by atoms with Crippen molar-refractivity contribution in [3.8, 4) is 17.2 Å². The molecule has 0 aliphatic heterocycles. The van der Waals surface area contributed by atoms with E-state index in [1.54, 1.807) is 13.0 Å². The van der Waals surface area contributed by atoms with E-state index in [9.17, 15) is 9.59 Å². The average Bonchev–Trinajstić information content (AvgIpc) is 2.42. The fourth-order valence-electron chi connectivity index (χ4n) is 1.24. The minimum atomic E-state index is -0.631. The van der Waals surface area contributed by atoms with Crippen LogP contribution in [0.4, 0.5) is 0 Å². The van der Waals surface area contributed by atoms with Crippen molar-refractivity contribution < 1.29 is 23.8 Å². The smallest absolute Gasteiger partial charge is 0.335 e. The molecule has 0 fully saturated rings. The van der Waals surface area contributed by atoms with Crippen molar-refractivity contribution in [3.05, 3.63) is 43.5 Å². The lowest BCUT2D eigenvalue weighted by atomic mass is 10.3. The van der Waals surface area contributed by atoms with Crippen LogP contribution in [0.25, 0.3) is 0 Å². The molecule has 0 saturated carbocycles. The summed E-state index contributed by atoms with van der Waals surface area (Å²) in [5.41, 5.74) is 0. The largest absolute Gasteiger partial charge is 0.487 e. The summed E-state index contributed by atoms with van der Waals surface area (Å²) in [6.45, 7) is 8.68. The number of para-hydroxylation sites is 1. The van der Waals surface area contributed by atoms with Gasteiger partial charge in [0.2, 0.25) is 5.75 Å². The summed E-state index contributed by atoms with van der Waals surface area (Å²) in [6.07, 6.45) is 2.05. The predicted molar refractivity (Wildman–Crippen MR) is 69.3 cm³/mol. The summed E-state index contributed by atoms with van der Waals surface area (Å²) in [4.78, 5) is 22.4. The summed E-state index contributed by atoms with van der Waals surface area (Å²) in [5.74, 6) is -0.779. The predicted octanol–water partition coefficient (Wildman–Crippen LogP) is 2.27. The van der Waals surface area contributed by atoms with Crippen LogP contribution in [0, 0.1) is 0 Å². The Morgan fingerprint density at radius 2 is 1.58 bits per heavy atom. The maximum absolute atomic E-state index is 11.2. The fraction of sp³-hybridized carbons (Fsp3) is 0.143. The molecule has 5 heteroatoms. The molecular weight excluding hydrogens is 248 g/mol. The maximum atomic E-state index is 11.2. The van der Waals surface area contributed by atoms with Crippen molar-refractivity contribution in [3.63, 3.8) is 0 Å². The molecule has 100 valence electrons. The van der Waals surface area contributed by atoms with Gasteiger partial charge < -0.3 is 14.2 Å². The van der Waals surface area contributed by atoms with Crippen molar-refractivity contribution in [1.82, 2.24) is 0 Å². The second kappa shape index (κ2) is 7.00. The van der Waals surface area contributed by atoms with Gasteiger partial charge in [0.1, 0.15) is 0 Å². The average molecular weight is 262 g/mol. The van der Waals surface area contributed by atoms with E-state index >= 15 is 0 Å². The number of hydrogen-bond donors (Lipinski definition) is 0. The highest BCUT2D eigenvalue weighted by Gasteiger charge is 2.15. The minimum absolute atomic E-state index is 0.154. The second-order valence-electron chi connectivity index (χ2n) is 3.27. The van der Waals surface area contributed by atoms with Crippen LogP contribution in [-0.2, 0) is 9.59 Å². The standard InChI is InChI=1S/C14H14O5/c1-4-12(15)18-10-8-7-9-11(14(10)17-6-3)19-13(16)5-2/h4-5,7-9H,1-2,6H2,3H3. The van der Waals surface area contributed by atoms with Crippen LogP contribution < -0.4 is 14.2 Å². The zero-order valence-corrected chi connectivity index (χ0v) is 10.5. The van der Waals surface area contributed by atoms with Gasteiger partial charge in [0.05, 0.1) is 6.61 Å². The van der Waals surface area contributed by atoms with Gasteiger partial charge in [-0.1, -0.05) is 19.2 Å². The highest BCUT2D eigenvalue weighted by Crippen LogP contribution is 2.37. The molecule has 1 aromatic rings. The second-order valence-corrected chi connectivity index (χ2v) is 3.27. The summed E-state index contributed by atoms with van der Waals surface area (Å²) in [6, 6.07) is 4.62. The molecule has 1 aromatic carbocycles. The summed E-state index contributed by atoms with van der Waals surface area (Å²) < 4.78 is 15.3.